The zero-order chi connectivity index (χ0) is 21.5. The number of aromatic nitrogens is 4. The van der Waals surface area contributed by atoms with Gasteiger partial charge in [0.05, 0.1) is 18.8 Å². The minimum atomic E-state index is -1.02. The number of fused-ring (bicyclic) bond motifs is 3. The molecule has 1 unspecified atom stereocenters. The van der Waals surface area contributed by atoms with Crippen LogP contribution in [0.3, 0.4) is 0 Å². The average Bonchev–Trinajstić information content (AvgIpc) is 3.10. The van der Waals surface area contributed by atoms with Gasteiger partial charge in [-0.05, 0) is 60.7 Å². The third kappa shape index (κ3) is 3.57. The highest BCUT2D eigenvalue weighted by atomic mass is 35.5. The Labute approximate surface area is 182 Å². The molecule has 0 radical (unpaired) electrons. The van der Waals surface area contributed by atoms with Crippen LogP contribution < -0.4 is 0 Å². The first-order valence-corrected chi connectivity index (χ1v) is 10.4. The summed E-state index contributed by atoms with van der Waals surface area (Å²) in [5, 5.41) is 18.9. The molecule has 7 nitrogen and oxygen atoms in total. The molecular formula is C22H19ClFN5O2. The number of benzene rings is 1. The van der Waals surface area contributed by atoms with Gasteiger partial charge < -0.3 is 5.11 Å². The molecule has 0 saturated carbocycles. The molecule has 1 amide bonds. The van der Waals surface area contributed by atoms with Crippen molar-refractivity contribution >= 4 is 23.3 Å². The second kappa shape index (κ2) is 7.77. The van der Waals surface area contributed by atoms with Gasteiger partial charge in [-0.1, -0.05) is 17.7 Å². The van der Waals surface area contributed by atoms with E-state index in [9.17, 15) is 14.3 Å². The van der Waals surface area contributed by atoms with Gasteiger partial charge in [0.15, 0.2) is 5.82 Å². The zero-order valence-electron chi connectivity index (χ0n) is 16.5. The van der Waals surface area contributed by atoms with Crippen molar-refractivity contribution in [1.29, 1.82) is 0 Å². The van der Waals surface area contributed by atoms with Crippen molar-refractivity contribution in [3.63, 3.8) is 0 Å². The largest absolute Gasteiger partial charge is 0.465 e. The number of carboxylic acid groups (broad SMARTS) is 1. The van der Waals surface area contributed by atoms with E-state index in [1.165, 1.54) is 11.0 Å². The lowest BCUT2D eigenvalue weighted by atomic mass is 9.87. The third-order valence-corrected chi connectivity index (χ3v) is 6.08. The van der Waals surface area contributed by atoms with Gasteiger partial charge in [-0.15, -0.1) is 10.2 Å². The number of pyridine rings is 1. The number of hydrogen-bond donors (Lipinski definition) is 1. The van der Waals surface area contributed by atoms with Crippen molar-refractivity contribution in [3.8, 4) is 5.69 Å². The molecule has 1 aromatic carbocycles. The van der Waals surface area contributed by atoms with Crippen LogP contribution in [0.5, 0.6) is 0 Å². The first-order chi connectivity index (χ1) is 15.0. The number of nitrogens with zero attached hydrogens (tertiary/aromatic N) is 5. The van der Waals surface area contributed by atoms with Crippen LogP contribution in [-0.2, 0) is 13.1 Å². The topological polar surface area (TPSA) is 84.1 Å². The van der Waals surface area contributed by atoms with Gasteiger partial charge in [0.2, 0.25) is 0 Å². The van der Waals surface area contributed by atoms with Gasteiger partial charge in [-0.25, -0.2) is 9.18 Å². The lowest BCUT2D eigenvalue weighted by Crippen LogP contribution is -2.27. The molecular weight excluding hydrogens is 421 g/mol. The number of amides is 1. The molecule has 9 heteroatoms. The molecule has 0 fully saturated rings. The van der Waals surface area contributed by atoms with Crippen LogP contribution in [0.1, 0.15) is 48.1 Å². The Morgan fingerprint density at radius 2 is 2.10 bits per heavy atom. The smallest absolute Gasteiger partial charge is 0.408 e. The molecule has 158 valence electrons. The molecule has 3 heterocycles. The Kier molecular flexibility index (Phi) is 4.94. The Hall–Kier alpha value is -3.26. The fourth-order valence-corrected chi connectivity index (χ4v) is 4.53. The highest BCUT2D eigenvalue weighted by Gasteiger charge is 2.30. The molecule has 0 saturated heterocycles. The van der Waals surface area contributed by atoms with E-state index in [0.717, 1.165) is 29.1 Å². The molecule has 5 rings (SSSR count). The lowest BCUT2D eigenvalue weighted by Gasteiger charge is -2.22. The van der Waals surface area contributed by atoms with E-state index < -0.39 is 6.09 Å². The first kappa shape index (κ1) is 19.7. The zero-order valence-corrected chi connectivity index (χ0v) is 17.3. The highest BCUT2D eigenvalue weighted by Crippen LogP contribution is 2.38. The van der Waals surface area contributed by atoms with Crippen molar-refractivity contribution in [2.45, 2.75) is 38.3 Å². The van der Waals surface area contributed by atoms with Crippen LogP contribution in [0.4, 0.5) is 9.18 Å². The number of rotatable bonds is 2. The normalized spacial score (nSPS) is 18.1. The number of carbonyl (C=O) groups is 1. The van der Waals surface area contributed by atoms with Gasteiger partial charge in [-0.3, -0.25) is 14.5 Å². The van der Waals surface area contributed by atoms with Gasteiger partial charge in [0, 0.05) is 17.1 Å². The van der Waals surface area contributed by atoms with Gasteiger partial charge in [-0.2, -0.15) is 0 Å². The van der Waals surface area contributed by atoms with E-state index in [-0.39, 0.29) is 24.8 Å². The van der Waals surface area contributed by atoms with Crippen molar-refractivity contribution in [2.75, 3.05) is 0 Å². The molecule has 2 aromatic heterocycles. The summed E-state index contributed by atoms with van der Waals surface area (Å²) in [7, 11) is 0. The van der Waals surface area contributed by atoms with Crippen LogP contribution in [0.2, 0.25) is 5.02 Å². The maximum atomic E-state index is 14.1. The maximum Gasteiger partial charge on any atom is 0.408 e. The molecule has 3 aromatic rings. The van der Waals surface area contributed by atoms with Crippen molar-refractivity contribution in [2.24, 2.45) is 0 Å². The molecule has 2 aliphatic rings. The molecule has 31 heavy (non-hydrogen) atoms. The van der Waals surface area contributed by atoms with Gasteiger partial charge >= 0.3 is 6.09 Å². The number of allylic oxidation sites excluding steroid dienone is 2. The van der Waals surface area contributed by atoms with Gasteiger partial charge in [0.1, 0.15) is 17.3 Å². The summed E-state index contributed by atoms with van der Waals surface area (Å²) in [4.78, 5) is 17.2. The van der Waals surface area contributed by atoms with Crippen LogP contribution in [-0.4, -0.2) is 35.8 Å². The Bertz CT molecular complexity index is 1210. The summed E-state index contributed by atoms with van der Waals surface area (Å²) in [5.74, 6) is 1.12. The Morgan fingerprint density at radius 1 is 1.23 bits per heavy atom. The van der Waals surface area contributed by atoms with Crippen LogP contribution in [0, 0.1) is 5.82 Å². The summed E-state index contributed by atoms with van der Waals surface area (Å²) >= 11 is 6.18. The quantitative estimate of drug-likeness (QED) is 0.620. The van der Waals surface area contributed by atoms with E-state index in [4.69, 9.17) is 11.6 Å². The standard InChI is InChI=1S/C22H19ClFN5O2/c23-16-7-8-18-15(10-16)11-28(22(30)31)12-19-26-27-21(29(18)19)14-5-3-13(4-6-14)20-17(24)2-1-9-25-20/h1-3,7-10,14H,4-6,11-12H2,(H,30,31). The summed E-state index contributed by atoms with van der Waals surface area (Å²) in [6.07, 6.45) is 4.71. The fraction of sp³-hybridized carbons (Fsp3) is 0.273. The van der Waals surface area contributed by atoms with Crippen molar-refractivity contribution < 1.29 is 14.3 Å². The minimum Gasteiger partial charge on any atom is -0.465 e. The van der Waals surface area contributed by atoms with E-state index in [2.05, 4.69) is 15.2 Å². The van der Waals surface area contributed by atoms with E-state index >= 15 is 0 Å². The van der Waals surface area contributed by atoms with E-state index in [1.54, 1.807) is 24.4 Å². The highest BCUT2D eigenvalue weighted by molar-refractivity contribution is 6.30. The van der Waals surface area contributed by atoms with E-state index in [0.29, 0.717) is 29.4 Å². The van der Waals surface area contributed by atoms with Crippen molar-refractivity contribution in [3.05, 3.63) is 76.4 Å². The minimum absolute atomic E-state index is 0.0803. The predicted octanol–water partition coefficient (Wildman–Crippen LogP) is 4.80. The molecule has 0 bridgehead atoms. The summed E-state index contributed by atoms with van der Waals surface area (Å²) < 4.78 is 16.1. The first-order valence-electron chi connectivity index (χ1n) is 10.0. The Morgan fingerprint density at radius 3 is 2.84 bits per heavy atom. The molecule has 0 spiro atoms. The Balaban J connectivity index is 1.52. The summed E-state index contributed by atoms with van der Waals surface area (Å²) in [6, 6.07) is 8.46. The monoisotopic (exact) mass is 439 g/mol. The second-order valence-electron chi connectivity index (χ2n) is 7.76. The molecule has 1 aliphatic carbocycles. The van der Waals surface area contributed by atoms with Crippen LogP contribution in [0.15, 0.2) is 42.6 Å². The van der Waals surface area contributed by atoms with Crippen molar-refractivity contribution in [1.82, 2.24) is 24.6 Å². The molecule has 1 atom stereocenters. The SMILES string of the molecule is O=C(O)N1Cc2cc(Cl)ccc2-n2c(nnc2C2CC=C(c3ncccc3F)CC2)C1. The van der Waals surface area contributed by atoms with Crippen LogP contribution >= 0.6 is 11.6 Å². The lowest BCUT2D eigenvalue weighted by molar-refractivity contribution is 0.139. The molecule has 1 N–H and O–H groups in total. The fourth-order valence-electron chi connectivity index (χ4n) is 4.33. The number of halogens is 2. The van der Waals surface area contributed by atoms with Gasteiger partial charge in [0.25, 0.3) is 0 Å². The third-order valence-electron chi connectivity index (χ3n) is 5.84. The molecule has 1 aliphatic heterocycles. The summed E-state index contributed by atoms with van der Waals surface area (Å²) in [6.45, 7) is 0.364. The van der Waals surface area contributed by atoms with E-state index in [1.807, 2.05) is 16.7 Å². The predicted molar refractivity (Wildman–Crippen MR) is 112 cm³/mol. The second-order valence-corrected chi connectivity index (χ2v) is 8.19. The number of hydrogen-bond acceptors (Lipinski definition) is 4. The maximum absolute atomic E-state index is 14.1. The summed E-state index contributed by atoms with van der Waals surface area (Å²) in [5.41, 5.74) is 2.94. The average molecular weight is 440 g/mol. The van der Waals surface area contributed by atoms with Crippen LogP contribution in [0.25, 0.3) is 11.3 Å².